The van der Waals surface area contributed by atoms with Crippen LogP contribution < -0.4 is 0 Å². The van der Waals surface area contributed by atoms with Gasteiger partial charge in [0, 0.05) is 27.5 Å². The summed E-state index contributed by atoms with van der Waals surface area (Å²) in [6.45, 7) is 4.36. The predicted molar refractivity (Wildman–Crippen MR) is 85.2 cm³/mol. The largest absolute Gasteiger partial charge is 0.466 e. The van der Waals surface area contributed by atoms with Gasteiger partial charge >= 0.3 is 5.97 Å². The molecule has 112 valence electrons. The Bertz CT molecular complexity index is 675. The Morgan fingerprint density at radius 1 is 1.24 bits per heavy atom. The van der Waals surface area contributed by atoms with Crippen LogP contribution in [-0.4, -0.2) is 22.9 Å². The minimum Gasteiger partial charge on any atom is -0.466 e. The zero-order valence-electron chi connectivity index (χ0n) is 12.2. The fourth-order valence-electron chi connectivity index (χ4n) is 2.32. The van der Waals surface area contributed by atoms with E-state index in [9.17, 15) is 9.59 Å². The second kappa shape index (κ2) is 6.89. The van der Waals surface area contributed by atoms with E-state index in [0.29, 0.717) is 6.61 Å². The van der Waals surface area contributed by atoms with Crippen LogP contribution in [0.1, 0.15) is 25.5 Å². The molecule has 2 aromatic rings. The highest BCUT2D eigenvalue weighted by atomic mass is 79.9. The number of nitrogens with zero attached hydrogens (tertiary/aromatic N) is 1. The molecule has 0 aliphatic carbocycles. The van der Waals surface area contributed by atoms with Crippen molar-refractivity contribution in [2.45, 2.75) is 33.2 Å². The summed E-state index contributed by atoms with van der Waals surface area (Å²) < 4.78 is 7.82. The molecule has 0 bridgehead atoms. The molecule has 4 nitrogen and oxygen atoms in total. The van der Waals surface area contributed by atoms with Gasteiger partial charge in [-0.05, 0) is 35.8 Å². The first-order chi connectivity index (χ1) is 10.0. The van der Waals surface area contributed by atoms with Crippen molar-refractivity contribution in [3.63, 3.8) is 0 Å². The van der Waals surface area contributed by atoms with Crippen molar-refractivity contribution in [1.29, 1.82) is 0 Å². The number of rotatable bonds is 6. The maximum absolute atomic E-state index is 12.1. The molecule has 21 heavy (non-hydrogen) atoms. The molecule has 0 aliphatic rings. The van der Waals surface area contributed by atoms with Gasteiger partial charge in [-0.15, -0.1) is 0 Å². The van der Waals surface area contributed by atoms with Gasteiger partial charge in [-0.1, -0.05) is 18.2 Å². The van der Waals surface area contributed by atoms with Gasteiger partial charge in [0.25, 0.3) is 0 Å². The van der Waals surface area contributed by atoms with E-state index in [-0.39, 0.29) is 31.1 Å². The summed E-state index contributed by atoms with van der Waals surface area (Å²) in [6, 6.07) is 7.94. The standard InChI is InChI=1S/C16H18BrNO3/c1-3-21-15(20)9-8-12(19)10-18-11(2)16(17)13-6-4-5-7-14(13)18/h4-7H,3,8-10H2,1-2H3. The molecule has 0 unspecified atom stereocenters. The Kier molecular flexibility index (Phi) is 5.17. The van der Waals surface area contributed by atoms with Crippen LogP contribution >= 0.6 is 15.9 Å². The number of Topliss-reactive ketones (excluding diaryl/α,β-unsaturated/α-hetero) is 1. The third-order valence-corrected chi connectivity index (χ3v) is 4.40. The van der Waals surface area contributed by atoms with Crippen LogP contribution in [0.15, 0.2) is 28.7 Å². The molecule has 0 saturated heterocycles. The van der Waals surface area contributed by atoms with Crippen molar-refractivity contribution < 1.29 is 14.3 Å². The van der Waals surface area contributed by atoms with Crippen LogP contribution in [0.5, 0.6) is 0 Å². The molecule has 1 aromatic heterocycles. The second-order valence-electron chi connectivity index (χ2n) is 4.85. The summed E-state index contributed by atoms with van der Waals surface area (Å²) >= 11 is 3.57. The average Bonchev–Trinajstić information content (AvgIpc) is 2.71. The van der Waals surface area contributed by atoms with E-state index < -0.39 is 0 Å². The Balaban J connectivity index is 2.11. The average molecular weight is 352 g/mol. The summed E-state index contributed by atoms with van der Waals surface area (Å²) in [5.74, 6) is -0.291. The summed E-state index contributed by atoms with van der Waals surface area (Å²) in [4.78, 5) is 23.4. The molecule has 0 saturated carbocycles. The lowest BCUT2D eigenvalue weighted by atomic mass is 10.2. The fraction of sp³-hybridized carbons (Fsp3) is 0.375. The lowest BCUT2D eigenvalue weighted by Gasteiger charge is -2.07. The topological polar surface area (TPSA) is 48.3 Å². The van der Waals surface area contributed by atoms with E-state index in [1.165, 1.54) is 0 Å². The van der Waals surface area contributed by atoms with Gasteiger partial charge in [0.2, 0.25) is 0 Å². The van der Waals surface area contributed by atoms with E-state index >= 15 is 0 Å². The predicted octanol–water partition coefficient (Wildman–Crippen LogP) is 3.62. The minimum absolute atomic E-state index is 0.0272. The molecule has 2 rings (SSSR count). The second-order valence-corrected chi connectivity index (χ2v) is 5.64. The molecule has 1 heterocycles. The molecule has 0 radical (unpaired) electrons. The maximum atomic E-state index is 12.1. The number of hydrogen-bond donors (Lipinski definition) is 0. The minimum atomic E-state index is -0.318. The first kappa shape index (κ1) is 15.8. The molecular formula is C16H18BrNO3. The summed E-state index contributed by atoms with van der Waals surface area (Å²) in [7, 11) is 0. The third-order valence-electron chi connectivity index (χ3n) is 3.40. The Morgan fingerprint density at radius 3 is 2.67 bits per heavy atom. The number of fused-ring (bicyclic) bond motifs is 1. The van der Waals surface area contributed by atoms with Gasteiger partial charge in [0.05, 0.1) is 19.6 Å². The normalized spacial score (nSPS) is 10.8. The Labute approximate surface area is 132 Å². The number of ketones is 1. The molecule has 0 N–H and O–H groups in total. The summed E-state index contributed by atoms with van der Waals surface area (Å²) in [5.41, 5.74) is 2.03. The number of benzene rings is 1. The highest BCUT2D eigenvalue weighted by Gasteiger charge is 2.15. The van der Waals surface area contributed by atoms with Crippen LogP contribution in [0, 0.1) is 6.92 Å². The van der Waals surface area contributed by atoms with Gasteiger partial charge < -0.3 is 9.30 Å². The molecular weight excluding hydrogens is 334 g/mol. The van der Waals surface area contributed by atoms with Gasteiger partial charge in [0.1, 0.15) is 0 Å². The first-order valence-corrected chi connectivity index (χ1v) is 7.74. The van der Waals surface area contributed by atoms with Crippen molar-refractivity contribution >= 4 is 38.6 Å². The van der Waals surface area contributed by atoms with E-state index in [1.807, 2.05) is 35.8 Å². The zero-order chi connectivity index (χ0) is 15.4. The van der Waals surface area contributed by atoms with Crippen molar-refractivity contribution in [3.05, 3.63) is 34.4 Å². The molecule has 1 aromatic carbocycles. The first-order valence-electron chi connectivity index (χ1n) is 6.95. The number of halogens is 1. The highest BCUT2D eigenvalue weighted by molar-refractivity contribution is 9.10. The number of hydrogen-bond acceptors (Lipinski definition) is 3. The van der Waals surface area contributed by atoms with E-state index in [4.69, 9.17) is 4.74 Å². The molecule has 0 spiro atoms. The van der Waals surface area contributed by atoms with E-state index in [2.05, 4.69) is 15.9 Å². The van der Waals surface area contributed by atoms with Crippen LogP contribution in [-0.2, 0) is 20.9 Å². The van der Waals surface area contributed by atoms with Crippen LogP contribution in [0.25, 0.3) is 10.9 Å². The number of carbonyl (C=O) groups is 2. The van der Waals surface area contributed by atoms with Crippen LogP contribution in [0.2, 0.25) is 0 Å². The highest BCUT2D eigenvalue weighted by Crippen LogP contribution is 2.30. The lowest BCUT2D eigenvalue weighted by Crippen LogP contribution is -2.13. The smallest absolute Gasteiger partial charge is 0.306 e. The SMILES string of the molecule is CCOC(=O)CCC(=O)Cn1c(C)c(Br)c2ccccc21. The number of esters is 1. The lowest BCUT2D eigenvalue weighted by molar-refractivity contribution is -0.144. The number of carbonyl (C=O) groups excluding carboxylic acids is 2. The van der Waals surface area contributed by atoms with Crippen molar-refractivity contribution in [2.75, 3.05) is 6.61 Å². The van der Waals surface area contributed by atoms with E-state index in [0.717, 1.165) is 21.1 Å². The van der Waals surface area contributed by atoms with Crippen molar-refractivity contribution in [1.82, 2.24) is 4.57 Å². The Morgan fingerprint density at radius 2 is 1.95 bits per heavy atom. The van der Waals surface area contributed by atoms with Crippen LogP contribution in [0.4, 0.5) is 0 Å². The number of para-hydroxylation sites is 1. The monoisotopic (exact) mass is 351 g/mol. The van der Waals surface area contributed by atoms with Gasteiger partial charge in [-0.25, -0.2) is 0 Å². The molecule has 0 aliphatic heterocycles. The van der Waals surface area contributed by atoms with Gasteiger partial charge in [-0.3, -0.25) is 9.59 Å². The molecule has 0 fully saturated rings. The Hall–Kier alpha value is -1.62. The maximum Gasteiger partial charge on any atom is 0.306 e. The van der Waals surface area contributed by atoms with Crippen molar-refractivity contribution in [2.24, 2.45) is 0 Å². The molecule has 0 atom stereocenters. The number of aromatic nitrogens is 1. The summed E-state index contributed by atoms with van der Waals surface area (Å²) in [6.07, 6.45) is 0.356. The van der Waals surface area contributed by atoms with E-state index in [1.54, 1.807) is 6.92 Å². The quantitative estimate of drug-likeness (QED) is 0.746. The van der Waals surface area contributed by atoms with Gasteiger partial charge in [0.15, 0.2) is 5.78 Å². The van der Waals surface area contributed by atoms with Crippen LogP contribution in [0.3, 0.4) is 0 Å². The number of ether oxygens (including phenoxy) is 1. The molecule has 5 heteroatoms. The third kappa shape index (κ3) is 3.53. The molecule has 0 amide bonds. The van der Waals surface area contributed by atoms with Gasteiger partial charge in [-0.2, -0.15) is 0 Å². The fourth-order valence-corrected chi connectivity index (χ4v) is 2.87. The summed E-state index contributed by atoms with van der Waals surface area (Å²) in [5, 5.41) is 1.09. The zero-order valence-corrected chi connectivity index (χ0v) is 13.8. The van der Waals surface area contributed by atoms with Crippen molar-refractivity contribution in [3.8, 4) is 0 Å².